The van der Waals surface area contributed by atoms with E-state index in [1.165, 1.54) is 0 Å². The monoisotopic (exact) mass is 196 g/mol. The number of hydrazine groups is 1. The fourth-order valence-electron chi connectivity index (χ4n) is 1.30. The molecule has 0 aliphatic heterocycles. The summed E-state index contributed by atoms with van der Waals surface area (Å²) in [5, 5.41) is 0.675. The lowest BCUT2D eigenvalue weighted by atomic mass is 10.3. The molecule has 2 rings (SSSR count). The Morgan fingerprint density at radius 1 is 1.54 bits per heavy atom. The lowest BCUT2D eigenvalue weighted by Gasteiger charge is -1.98. The summed E-state index contributed by atoms with van der Waals surface area (Å²) >= 11 is 5.82. The van der Waals surface area contributed by atoms with E-state index in [-0.39, 0.29) is 0 Å². The van der Waals surface area contributed by atoms with Crippen molar-refractivity contribution in [1.29, 1.82) is 0 Å². The van der Waals surface area contributed by atoms with Gasteiger partial charge in [-0.05, 0) is 18.2 Å². The first kappa shape index (κ1) is 8.34. The van der Waals surface area contributed by atoms with Gasteiger partial charge >= 0.3 is 0 Å². The number of nitrogens with zero attached hydrogens (tertiary/aromatic N) is 2. The molecule has 4 nitrogen and oxygen atoms in total. The largest absolute Gasteiger partial charge is 0.312 e. The third-order valence-corrected chi connectivity index (χ3v) is 2.21. The van der Waals surface area contributed by atoms with Crippen LogP contribution in [-0.4, -0.2) is 9.55 Å². The van der Waals surface area contributed by atoms with Crippen LogP contribution < -0.4 is 11.3 Å². The van der Waals surface area contributed by atoms with E-state index in [0.29, 0.717) is 11.0 Å². The van der Waals surface area contributed by atoms with Crippen LogP contribution in [0.25, 0.3) is 11.0 Å². The molecule has 0 saturated heterocycles. The van der Waals surface area contributed by atoms with Crippen molar-refractivity contribution < 1.29 is 0 Å². The van der Waals surface area contributed by atoms with Crippen LogP contribution in [0.4, 0.5) is 5.95 Å². The van der Waals surface area contributed by atoms with E-state index in [9.17, 15) is 0 Å². The highest BCUT2D eigenvalue weighted by molar-refractivity contribution is 6.31. The number of aromatic nitrogens is 2. The minimum atomic E-state index is 0.622. The van der Waals surface area contributed by atoms with Crippen molar-refractivity contribution in [3.05, 3.63) is 23.2 Å². The third-order valence-electron chi connectivity index (χ3n) is 1.97. The number of benzene rings is 1. The van der Waals surface area contributed by atoms with Gasteiger partial charge in [0.05, 0.1) is 11.0 Å². The Balaban J connectivity index is 2.76. The normalized spacial score (nSPS) is 10.7. The predicted molar refractivity (Wildman–Crippen MR) is 53.5 cm³/mol. The van der Waals surface area contributed by atoms with Crippen molar-refractivity contribution in [2.24, 2.45) is 12.9 Å². The van der Waals surface area contributed by atoms with Gasteiger partial charge in [-0.15, -0.1) is 0 Å². The molecule has 0 unspecified atom stereocenters. The number of anilines is 1. The summed E-state index contributed by atoms with van der Waals surface area (Å²) in [6.07, 6.45) is 0. The molecule has 0 aliphatic rings. The van der Waals surface area contributed by atoms with Gasteiger partial charge in [0.2, 0.25) is 5.95 Å². The maximum Gasteiger partial charge on any atom is 0.218 e. The van der Waals surface area contributed by atoms with Crippen LogP contribution in [0.2, 0.25) is 5.02 Å². The molecule has 0 amide bonds. The molecule has 2 aromatic rings. The van der Waals surface area contributed by atoms with Crippen molar-refractivity contribution >= 4 is 28.6 Å². The van der Waals surface area contributed by atoms with Gasteiger partial charge in [0.25, 0.3) is 0 Å². The average molecular weight is 197 g/mol. The molecule has 1 aromatic heterocycles. The Labute approximate surface area is 80.3 Å². The highest BCUT2D eigenvalue weighted by atomic mass is 35.5. The van der Waals surface area contributed by atoms with Crippen LogP contribution >= 0.6 is 11.6 Å². The standard InChI is InChI=1S/C8H9ClN4/c1-13-7-3-2-5(9)4-6(7)11-8(13)12-10/h2-4H,10H2,1H3,(H,11,12). The summed E-state index contributed by atoms with van der Waals surface area (Å²) in [5.74, 6) is 5.91. The molecule has 0 fully saturated rings. The van der Waals surface area contributed by atoms with Crippen LogP contribution in [0, 0.1) is 0 Å². The average Bonchev–Trinajstić information content (AvgIpc) is 2.42. The molecule has 0 spiro atoms. The minimum absolute atomic E-state index is 0.622. The predicted octanol–water partition coefficient (Wildman–Crippen LogP) is 1.51. The van der Waals surface area contributed by atoms with E-state index < -0.39 is 0 Å². The fraction of sp³-hybridized carbons (Fsp3) is 0.125. The number of rotatable bonds is 1. The molecule has 0 saturated carbocycles. The zero-order valence-corrected chi connectivity index (χ0v) is 7.84. The van der Waals surface area contributed by atoms with Gasteiger partial charge < -0.3 is 4.57 Å². The number of nitrogens with one attached hydrogen (secondary N) is 1. The van der Waals surface area contributed by atoms with Crippen LogP contribution in [0.3, 0.4) is 0 Å². The number of hydrogen-bond donors (Lipinski definition) is 2. The van der Waals surface area contributed by atoms with Crippen molar-refractivity contribution in [3.8, 4) is 0 Å². The molecule has 13 heavy (non-hydrogen) atoms. The van der Waals surface area contributed by atoms with Gasteiger partial charge in [0.15, 0.2) is 0 Å². The van der Waals surface area contributed by atoms with Crippen LogP contribution in [-0.2, 0) is 7.05 Å². The number of nitrogens with two attached hydrogens (primary N) is 1. The van der Waals surface area contributed by atoms with E-state index in [1.807, 2.05) is 23.7 Å². The summed E-state index contributed by atoms with van der Waals surface area (Å²) in [5.41, 5.74) is 4.35. The zero-order chi connectivity index (χ0) is 9.42. The Bertz CT molecular complexity index is 449. The van der Waals surface area contributed by atoms with Gasteiger partial charge in [0, 0.05) is 12.1 Å². The SMILES string of the molecule is Cn1c(NN)nc2cc(Cl)ccc21. The maximum absolute atomic E-state index is 5.82. The van der Waals surface area contributed by atoms with E-state index in [0.717, 1.165) is 11.0 Å². The second-order valence-corrected chi connectivity index (χ2v) is 3.21. The topological polar surface area (TPSA) is 55.9 Å². The molecular formula is C8H9ClN4. The highest BCUT2D eigenvalue weighted by Crippen LogP contribution is 2.20. The first-order valence-electron chi connectivity index (χ1n) is 3.81. The van der Waals surface area contributed by atoms with Crippen molar-refractivity contribution in [1.82, 2.24) is 9.55 Å². The van der Waals surface area contributed by atoms with Gasteiger partial charge in [-0.3, -0.25) is 5.43 Å². The van der Waals surface area contributed by atoms with Gasteiger partial charge in [-0.2, -0.15) is 0 Å². The van der Waals surface area contributed by atoms with E-state index in [1.54, 1.807) is 6.07 Å². The summed E-state index contributed by atoms with van der Waals surface area (Å²) < 4.78 is 1.87. The molecule has 0 aliphatic carbocycles. The molecule has 1 aromatic carbocycles. The Morgan fingerprint density at radius 2 is 2.31 bits per heavy atom. The van der Waals surface area contributed by atoms with Gasteiger partial charge in [0.1, 0.15) is 0 Å². The van der Waals surface area contributed by atoms with Crippen molar-refractivity contribution in [3.63, 3.8) is 0 Å². The molecular weight excluding hydrogens is 188 g/mol. The highest BCUT2D eigenvalue weighted by Gasteiger charge is 2.05. The Morgan fingerprint density at radius 3 is 3.00 bits per heavy atom. The molecule has 5 heteroatoms. The zero-order valence-electron chi connectivity index (χ0n) is 7.08. The Hall–Kier alpha value is -1.26. The summed E-state index contributed by atoms with van der Waals surface area (Å²) in [4.78, 5) is 4.23. The molecule has 0 atom stereocenters. The molecule has 3 N–H and O–H groups in total. The number of nitrogen functional groups attached to an aromatic ring is 1. The van der Waals surface area contributed by atoms with Crippen LogP contribution in [0.1, 0.15) is 0 Å². The minimum Gasteiger partial charge on any atom is -0.312 e. The smallest absolute Gasteiger partial charge is 0.218 e. The molecule has 0 bridgehead atoms. The quantitative estimate of drug-likeness (QED) is 0.537. The lowest BCUT2D eigenvalue weighted by molar-refractivity contribution is 0.942. The summed E-state index contributed by atoms with van der Waals surface area (Å²) in [6.45, 7) is 0. The Kier molecular flexibility index (Phi) is 1.86. The molecule has 0 radical (unpaired) electrons. The van der Waals surface area contributed by atoms with Gasteiger partial charge in [-0.25, -0.2) is 10.8 Å². The second kappa shape index (κ2) is 2.90. The van der Waals surface area contributed by atoms with E-state index in [4.69, 9.17) is 17.4 Å². The summed E-state index contributed by atoms with van der Waals surface area (Å²) in [7, 11) is 1.89. The van der Waals surface area contributed by atoms with Crippen molar-refractivity contribution in [2.75, 3.05) is 5.43 Å². The number of hydrogen-bond acceptors (Lipinski definition) is 3. The summed E-state index contributed by atoms with van der Waals surface area (Å²) in [6, 6.07) is 5.54. The fourth-order valence-corrected chi connectivity index (χ4v) is 1.47. The molecule has 68 valence electrons. The van der Waals surface area contributed by atoms with Gasteiger partial charge in [-0.1, -0.05) is 11.6 Å². The third kappa shape index (κ3) is 1.24. The van der Waals surface area contributed by atoms with Crippen LogP contribution in [0.5, 0.6) is 0 Å². The van der Waals surface area contributed by atoms with Crippen molar-refractivity contribution in [2.45, 2.75) is 0 Å². The van der Waals surface area contributed by atoms with E-state index in [2.05, 4.69) is 10.4 Å². The maximum atomic E-state index is 5.82. The van der Waals surface area contributed by atoms with E-state index >= 15 is 0 Å². The number of halogens is 1. The first-order chi connectivity index (χ1) is 6.22. The first-order valence-corrected chi connectivity index (χ1v) is 4.19. The number of aryl methyl sites for hydroxylation is 1. The molecule has 1 heterocycles. The van der Waals surface area contributed by atoms with Crippen LogP contribution in [0.15, 0.2) is 18.2 Å². The number of fused-ring (bicyclic) bond motifs is 1. The lowest BCUT2D eigenvalue weighted by Crippen LogP contribution is -2.11. The second-order valence-electron chi connectivity index (χ2n) is 2.77. The number of imidazole rings is 1.